The quantitative estimate of drug-likeness (QED) is 0.566. The maximum Gasteiger partial charge on any atom is 0.203 e. The third kappa shape index (κ3) is 2.47. The molecular formula is C12H8ClIOS. The zero-order chi connectivity index (χ0) is 11.7. The van der Waals surface area contributed by atoms with Crippen LogP contribution in [-0.4, -0.2) is 5.78 Å². The van der Waals surface area contributed by atoms with E-state index in [-0.39, 0.29) is 5.78 Å². The molecule has 0 spiro atoms. The van der Waals surface area contributed by atoms with Gasteiger partial charge in [-0.15, -0.1) is 11.3 Å². The highest BCUT2D eigenvalue weighted by atomic mass is 127. The number of rotatable bonds is 2. The Kier molecular flexibility index (Phi) is 3.66. The Hall–Kier alpha value is -0.390. The minimum absolute atomic E-state index is 0.0383. The zero-order valence-electron chi connectivity index (χ0n) is 8.46. The van der Waals surface area contributed by atoms with Crippen LogP contribution in [-0.2, 0) is 0 Å². The molecule has 2 aromatic rings. The van der Waals surface area contributed by atoms with Crippen LogP contribution in [0.25, 0.3) is 0 Å². The Balaban J connectivity index is 2.38. The van der Waals surface area contributed by atoms with E-state index in [2.05, 4.69) is 22.6 Å². The monoisotopic (exact) mass is 362 g/mol. The number of hydrogen-bond acceptors (Lipinski definition) is 2. The molecule has 4 heteroatoms. The van der Waals surface area contributed by atoms with Crippen molar-refractivity contribution in [1.29, 1.82) is 0 Å². The SMILES string of the molecule is Cc1ccc(C(=O)c2ccc(I)c(Cl)c2)s1. The molecule has 0 aliphatic heterocycles. The zero-order valence-corrected chi connectivity index (χ0v) is 12.2. The molecule has 0 unspecified atom stereocenters. The van der Waals surface area contributed by atoms with Gasteiger partial charge < -0.3 is 0 Å². The summed E-state index contributed by atoms with van der Waals surface area (Å²) < 4.78 is 0.957. The van der Waals surface area contributed by atoms with Crippen molar-refractivity contribution in [3.05, 3.63) is 54.2 Å². The topological polar surface area (TPSA) is 17.1 Å². The summed E-state index contributed by atoms with van der Waals surface area (Å²) in [6.45, 7) is 1.99. The first-order chi connectivity index (χ1) is 7.58. The highest BCUT2D eigenvalue weighted by molar-refractivity contribution is 14.1. The number of carbonyl (C=O) groups excluding carboxylic acids is 1. The van der Waals surface area contributed by atoms with Crippen LogP contribution in [0.4, 0.5) is 0 Å². The van der Waals surface area contributed by atoms with E-state index in [1.54, 1.807) is 6.07 Å². The first-order valence-corrected chi connectivity index (χ1v) is 6.91. The van der Waals surface area contributed by atoms with E-state index in [9.17, 15) is 4.79 Å². The second kappa shape index (κ2) is 4.85. The third-order valence-corrected chi connectivity index (χ3v) is 4.72. The van der Waals surface area contributed by atoms with Gasteiger partial charge in [-0.2, -0.15) is 0 Å². The molecule has 0 saturated carbocycles. The molecule has 1 aromatic carbocycles. The third-order valence-electron chi connectivity index (χ3n) is 2.15. The number of carbonyl (C=O) groups is 1. The van der Waals surface area contributed by atoms with Gasteiger partial charge in [-0.25, -0.2) is 0 Å². The standard InChI is InChI=1S/C12H8ClIOS/c1-7-2-5-11(16-7)12(15)8-3-4-10(14)9(13)6-8/h2-6H,1H3. The summed E-state index contributed by atoms with van der Waals surface area (Å²) in [5, 5.41) is 0.625. The summed E-state index contributed by atoms with van der Waals surface area (Å²) in [4.78, 5) is 14.0. The molecule has 2 rings (SSSR count). The molecule has 0 atom stereocenters. The Morgan fingerprint density at radius 3 is 2.62 bits per heavy atom. The fourth-order valence-electron chi connectivity index (χ4n) is 1.34. The number of benzene rings is 1. The summed E-state index contributed by atoms with van der Waals surface area (Å²) in [6, 6.07) is 9.20. The Morgan fingerprint density at radius 2 is 2.06 bits per heavy atom. The van der Waals surface area contributed by atoms with Crippen LogP contribution in [0.5, 0.6) is 0 Å². The molecule has 0 aliphatic carbocycles. The molecule has 16 heavy (non-hydrogen) atoms. The highest BCUT2D eigenvalue weighted by Gasteiger charge is 2.12. The lowest BCUT2D eigenvalue weighted by molar-refractivity contribution is 0.104. The van der Waals surface area contributed by atoms with E-state index in [1.807, 2.05) is 31.2 Å². The smallest absolute Gasteiger partial charge is 0.203 e. The maximum absolute atomic E-state index is 12.1. The first kappa shape index (κ1) is 12.1. The predicted octanol–water partition coefficient (Wildman–Crippen LogP) is 4.55. The second-order valence-electron chi connectivity index (χ2n) is 3.37. The van der Waals surface area contributed by atoms with Crippen molar-refractivity contribution in [2.24, 2.45) is 0 Å². The number of thiophene rings is 1. The predicted molar refractivity (Wildman–Crippen MR) is 76.7 cm³/mol. The van der Waals surface area contributed by atoms with Crippen molar-refractivity contribution in [3.8, 4) is 0 Å². The molecule has 0 radical (unpaired) electrons. The molecule has 1 heterocycles. The van der Waals surface area contributed by atoms with Gasteiger partial charge in [0.25, 0.3) is 0 Å². The van der Waals surface area contributed by atoms with Crippen molar-refractivity contribution in [2.75, 3.05) is 0 Å². The van der Waals surface area contributed by atoms with E-state index in [0.717, 1.165) is 13.3 Å². The Morgan fingerprint density at radius 1 is 1.31 bits per heavy atom. The van der Waals surface area contributed by atoms with E-state index in [1.165, 1.54) is 11.3 Å². The van der Waals surface area contributed by atoms with Gasteiger partial charge in [-0.3, -0.25) is 4.79 Å². The van der Waals surface area contributed by atoms with Crippen molar-refractivity contribution >= 4 is 51.3 Å². The normalized spacial score (nSPS) is 10.4. The maximum atomic E-state index is 12.1. The van der Waals surface area contributed by atoms with Crippen molar-refractivity contribution in [2.45, 2.75) is 6.92 Å². The first-order valence-electron chi connectivity index (χ1n) is 4.64. The van der Waals surface area contributed by atoms with Crippen LogP contribution in [0, 0.1) is 10.5 Å². The molecule has 1 nitrogen and oxygen atoms in total. The molecule has 0 amide bonds. The van der Waals surface area contributed by atoms with Gasteiger partial charge in [-0.05, 0) is 59.8 Å². The molecule has 0 aliphatic rings. The number of aryl methyl sites for hydroxylation is 1. The summed E-state index contributed by atoms with van der Waals surface area (Å²) in [5.41, 5.74) is 0.646. The van der Waals surface area contributed by atoms with Gasteiger partial charge >= 0.3 is 0 Å². The molecule has 0 saturated heterocycles. The van der Waals surface area contributed by atoms with Crippen LogP contribution in [0.1, 0.15) is 20.1 Å². The molecule has 0 fully saturated rings. The molecular weight excluding hydrogens is 355 g/mol. The lowest BCUT2D eigenvalue weighted by Gasteiger charge is -2.00. The van der Waals surface area contributed by atoms with Gasteiger partial charge in [0.15, 0.2) is 0 Å². The lowest BCUT2D eigenvalue weighted by Crippen LogP contribution is -1.98. The van der Waals surface area contributed by atoms with Crippen LogP contribution < -0.4 is 0 Å². The Labute approximate surface area is 117 Å². The number of ketones is 1. The van der Waals surface area contributed by atoms with Crippen LogP contribution in [0.3, 0.4) is 0 Å². The number of halogens is 2. The average molecular weight is 363 g/mol. The second-order valence-corrected chi connectivity index (χ2v) is 6.23. The van der Waals surface area contributed by atoms with Crippen molar-refractivity contribution in [3.63, 3.8) is 0 Å². The van der Waals surface area contributed by atoms with Gasteiger partial charge in [0.2, 0.25) is 5.78 Å². The summed E-state index contributed by atoms with van der Waals surface area (Å²) >= 11 is 9.64. The summed E-state index contributed by atoms with van der Waals surface area (Å²) in [6.07, 6.45) is 0. The van der Waals surface area contributed by atoms with Crippen molar-refractivity contribution < 1.29 is 4.79 Å². The molecule has 0 N–H and O–H groups in total. The van der Waals surface area contributed by atoms with Crippen LogP contribution >= 0.6 is 45.5 Å². The van der Waals surface area contributed by atoms with E-state index < -0.39 is 0 Å². The average Bonchev–Trinajstić information content (AvgIpc) is 2.68. The van der Waals surface area contributed by atoms with E-state index in [4.69, 9.17) is 11.6 Å². The van der Waals surface area contributed by atoms with Gasteiger partial charge in [0.1, 0.15) is 0 Å². The van der Waals surface area contributed by atoms with Gasteiger partial charge in [-0.1, -0.05) is 11.6 Å². The molecule has 1 aromatic heterocycles. The van der Waals surface area contributed by atoms with E-state index in [0.29, 0.717) is 10.6 Å². The highest BCUT2D eigenvalue weighted by Crippen LogP contribution is 2.23. The number of hydrogen-bond donors (Lipinski definition) is 0. The minimum atomic E-state index is 0.0383. The summed E-state index contributed by atoms with van der Waals surface area (Å²) in [7, 11) is 0. The van der Waals surface area contributed by atoms with Gasteiger partial charge in [0, 0.05) is 14.0 Å². The molecule has 82 valence electrons. The fraction of sp³-hybridized carbons (Fsp3) is 0.0833. The van der Waals surface area contributed by atoms with Crippen LogP contribution in [0.2, 0.25) is 5.02 Å². The minimum Gasteiger partial charge on any atom is -0.288 e. The van der Waals surface area contributed by atoms with Crippen molar-refractivity contribution in [1.82, 2.24) is 0 Å². The lowest BCUT2D eigenvalue weighted by atomic mass is 10.1. The van der Waals surface area contributed by atoms with Gasteiger partial charge in [0.05, 0.1) is 9.90 Å². The fourth-order valence-corrected chi connectivity index (χ4v) is 2.68. The Bertz CT molecular complexity index is 548. The molecule has 0 bridgehead atoms. The van der Waals surface area contributed by atoms with E-state index >= 15 is 0 Å². The van der Waals surface area contributed by atoms with Crippen LogP contribution in [0.15, 0.2) is 30.3 Å². The summed E-state index contributed by atoms with van der Waals surface area (Å²) in [5.74, 6) is 0.0383. The largest absolute Gasteiger partial charge is 0.288 e.